The van der Waals surface area contributed by atoms with Crippen molar-refractivity contribution in [3.05, 3.63) is 24.3 Å². The van der Waals surface area contributed by atoms with Gasteiger partial charge >= 0.3 is 5.17 Å². The number of halogens is 1. The monoisotopic (exact) mass is 395 g/mol. The highest BCUT2D eigenvalue weighted by Gasteiger charge is 2.26. The summed E-state index contributed by atoms with van der Waals surface area (Å²) < 4.78 is 0. The van der Waals surface area contributed by atoms with Crippen LogP contribution in [0, 0.1) is 0 Å². The predicted molar refractivity (Wildman–Crippen MR) is 89.0 cm³/mol. The number of H-pyrrole nitrogens is 1. The van der Waals surface area contributed by atoms with Gasteiger partial charge in [0.1, 0.15) is 11.6 Å². The van der Waals surface area contributed by atoms with Crippen molar-refractivity contribution in [1.82, 2.24) is 4.98 Å². The second-order valence-corrected chi connectivity index (χ2v) is 6.51. The number of carbonyl (C=O) groups excluding carboxylic acids is 1. The average molecular weight is 396 g/mol. The number of fused-ring (bicyclic) bond motifs is 1. The number of nitrogen functional groups attached to an aromatic ring is 1. The van der Waals surface area contributed by atoms with Gasteiger partial charge in [-0.3, -0.25) is 10.2 Å². The number of thioether (sulfide) groups is 1. The van der Waals surface area contributed by atoms with Crippen LogP contribution in [0.4, 0.5) is 11.6 Å². The highest BCUT2D eigenvalue weighted by Crippen LogP contribution is 2.31. The summed E-state index contributed by atoms with van der Waals surface area (Å²) in [4.78, 5) is 14.8. The lowest BCUT2D eigenvalue weighted by Gasteiger charge is -2.16. The molecule has 5 N–H and O–H groups in total. The minimum atomic E-state index is -0.0850. The Hall–Kier alpha value is -1.67. The number of aromatic amines is 1. The Morgan fingerprint density at radius 3 is 2.78 bits per heavy atom. The van der Waals surface area contributed by atoms with Gasteiger partial charge in [0.05, 0.1) is 10.4 Å². The molecule has 1 atom stereocenters. The number of amidine groups is 1. The van der Waals surface area contributed by atoms with E-state index in [1.807, 2.05) is 24.3 Å². The van der Waals surface area contributed by atoms with Gasteiger partial charge in [-0.25, -0.2) is 0 Å². The van der Waals surface area contributed by atoms with Gasteiger partial charge < -0.3 is 27.7 Å². The summed E-state index contributed by atoms with van der Waals surface area (Å²) in [7, 11) is 0. The van der Waals surface area contributed by atoms with Crippen LogP contribution in [0.5, 0.6) is 0 Å². The number of nitrogens with two attached hydrogens (primary N) is 2. The number of rotatable bonds is 2. The summed E-state index contributed by atoms with van der Waals surface area (Å²) in [6.45, 7) is 0. The van der Waals surface area contributed by atoms with E-state index in [0.29, 0.717) is 23.2 Å². The van der Waals surface area contributed by atoms with Crippen LogP contribution in [0.1, 0.15) is 25.7 Å². The molecule has 1 aromatic heterocycles. The van der Waals surface area contributed by atoms with Gasteiger partial charge in [-0.05, 0) is 29.7 Å². The van der Waals surface area contributed by atoms with Crippen molar-refractivity contribution in [3.8, 4) is 0 Å². The second-order valence-electron chi connectivity index (χ2n) is 5.29. The highest BCUT2D eigenvalue weighted by atomic mass is 79.9. The van der Waals surface area contributed by atoms with Crippen molar-refractivity contribution >= 4 is 45.1 Å². The maximum atomic E-state index is 11.8. The van der Waals surface area contributed by atoms with Crippen LogP contribution in [0.25, 0.3) is 10.8 Å². The van der Waals surface area contributed by atoms with E-state index in [-0.39, 0.29) is 28.0 Å². The summed E-state index contributed by atoms with van der Waals surface area (Å²) in [5.74, 6) is 1.38. The molecule has 1 aliphatic rings. The minimum absolute atomic E-state index is 0. The second kappa shape index (κ2) is 7.74. The Labute approximate surface area is 148 Å². The fourth-order valence-corrected chi connectivity index (χ4v) is 3.52. The standard InChI is InChI=1S/C15H17N5OS.BrH/c16-13-9-5-1-2-6-10(9)14(18-13)19-20-15(17)22-12-8-4-3-7-11(12)21;/h1-2,5-6,12,17-18H,3-4,7-8,16H2;1H/b17-15?,20-19+;. The zero-order valence-electron chi connectivity index (χ0n) is 12.5. The molecule has 0 spiro atoms. The first-order valence-corrected chi connectivity index (χ1v) is 8.13. The number of nitrogens with zero attached hydrogens (tertiary/aromatic N) is 2. The largest absolute Gasteiger partial charge is 1.00 e. The number of aromatic nitrogens is 1. The number of Topliss-reactive ketones (excluding diaryl/α,β-unsaturated/α-hetero) is 1. The van der Waals surface area contributed by atoms with Gasteiger partial charge in [0.2, 0.25) is 0 Å². The van der Waals surface area contributed by atoms with Crippen LogP contribution in [0.3, 0.4) is 0 Å². The maximum absolute atomic E-state index is 11.8. The van der Waals surface area contributed by atoms with E-state index in [4.69, 9.17) is 11.1 Å². The molecule has 122 valence electrons. The molecular weight excluding hydrogens is 378 g/mol. The topological polar surface area (TPSA) is 109 Å². The predicted octanol–water partition coefficient (Wildman–Crippen LogP) is -0.802. The van der Waals surface area contributed by atoms with Crippen molar-refractivity contribution in [3.63, 3.8) is 0 Å². The van der Waals surface area contributed by atoms with E-state index in [0.717, 1.165) is 30.0 Å². The van der Waals surface area contributed by atoms with Crippen molar-refractivity contribution < 1.29 is 27.2 Å². The summed E-state index contributed by atoms with van der Waals surface area (Å²) >= 11 is 1.30. The third-order valence-electron chi connectivity index (χ3n) is 3.74. The van der Waals surface area contributed by atoms with E-state index >= 15 is 0 Å². The third kappa shape index (κ3) is 4.00. The molecule has 3 rings (SSSR count). The molecule has 1 fully saturated rings. The number of anilines is 1. The van der Waals surface area contributed by atoms with Crippen LogP contribution in [-0.4, -0.2) is 21.2 Å². The Kier molecular flexibility index (Phi) is 5.95. The number of hydrogen-bond donors (Lipinski definition) is 3. The van der Waals surface area contributed by atoms with Crippen LogP contribution in [-0.2, 0) is 4.79 Å². The fourth-order valence-electron chi connectivity index (χ4n) is 2.61. The van der Waals surface area contributed by atoms with Gasteiger partial charge in [0.15, 0.2) is 5.82 Å². The molecule has 0 bridgehead atoms. The smallest absolute Gasteiger partial charge is 0.377 e. The molecule has 0 radical (unpaired) electrons. The third-order valence-corrected chi connectivity index (χ3v) is 4.84. The molecule has 0 amide bonds. The molecule has 0 saturated heterocycles. The Morgan fingerprint density at radius 2 is 2.04 bits per heavy atom. The summed E-state index contributed by atoms with van der Waals surface area (Å²) in [6.07, 6.45) is 3.54. The lowest BCUT2D eigenvalue weighted by atomic mass is 9.99. The molecule has 1 aromatic carbocycles. The highest BCUT2D eigenvalue weighted by molar-refractivity contribution is 8.14. The molecule has 1 heterocycles. The summed E-state index contributed by atoms with van der Waals surface area (Å²) in [5, 5.41) is 16.1. The lowest BCUT2D eigenvalue weighted by Crippen LogP contribution is -3.00. The van der Waals surface area contributed by atoms with Crippen LogP contribution in [0.2, 0.25) is 0 Å². The molecule has 0 aliphatic heterocycles. The fraction of sp³-hybridized carbons (Fsp3) is 0.333. The molecule has 8 heteroatoms. The van der Waals surface area contributed by atoms with Crippen molar-refractivity contribution in [2.75, 3.05) is 5.73 Å². The molecule has 2 aromatic rings. The van der Waals surface area contributed by atoms with Gasteiger partial charge in [0.25, 0.3) is 0 Å². The molecule has 1 aliphatic carbocycles. The lowest BCUT2D eigenvalue weighted by molar-refractivity contribution is -0.120. The first-order valence-electron chi connectivity index (χ1n) is 7.25. The van der Waals surface area contributed by atoms with E-state index in [1.54, 1.807) is 0 Å². The average Bonchev–Trinajstić information content (AvgIpc) is 2.85. The first-order chi connectivity index (χ1) is 10.6. The van der Waals surface area contributed by atoms with E-state index in [2.05, 4.69) is 15.2 Å². The van der Waals surface area contributed by atoms with Crippen LogP contribution >= 0.6 is 11.8 Å². The van der Waals surface area contributed by atoms with Crippen molar-refractivity contribution in [1.29, 1.82) is 0 Å². The molecule has 6 nitrogen and oxygen atoms in total. The SMILES string of the molecule is Nc1[nH]c(/N=N/C(=[NH2+])SC2CCCCC2=O)c2ccccc12.[Br-]. The Balaban J connectivity index is 0.00000192. The van der Waals surface area contributed by atoms with E-state index in [9.17, 15) is 4.79 Å². The Bertz CT molecular complexity index is 757. The normalized spacial score (nSPS) is 18.3. The van der Waals surface area contributed by atoms with Gasteiger partial charge in [-0.15, -0.1) is 0 Å². The summed E-state index contributed by atoms with van der Waals surface area (Å²) in [5.41, 5.74) is 5.91. The number of hydrogen-bond acceptors (Lipinski definition) is 4. The van der Waals surface area contributed by atoms with Gasteiger partial charge in [-0.1, -0.05) is 30.7 Å². The molecule has 1 unspecified atom stereocenters. The van der Waals surface area contributed by atoms with Crippen LogP contribution in [0.15, 0.2) is 34.5 Å². The van der Waals surface area contributed by atoms with E-state index < -0.39 is 0 Å². The number of azo groups is 1. The van der Waals surface area contributed by atoms with Crippen molar-refractivity contribution in [2.24, 2.45) is 10.2 Å². The molecule has 1 saturated carbocycles. The summed E-state index contributed by atoms with van der Waals surface area (Å²) in [6, 6.07) is 7.67. The number of ketones is 1. The number of carbonyl (C=O) groups is 1. The zero-order valence-corrected chi connectivity index (χ0v) is 14.9. The van der Waals surface area contributed by atoms with Crippen molar-refractivity contribution in [2.45, 2.75) is 30.9 Å². The van der Waals surface area contributed by atoms with Gasteiger partial charge in [0, 0.05) is 17.2 Å². The number of nitrogens with one attached hydrogen (secondary N) is 1. The first kappa shape index (κ1) is 17.7. The quantitative estimate of drug-likeness (QED) is 0.351. The maximum Gasteiger partial charge on any atom is 0.377 e. The van der Waals surface area contributed by atoms with E-state index in [1.165, 1.54) is 11.8 Å². The molecule has 23 heavy (non-hydrogen) atoms. The Morgan fingerprint density at radius 1 is 1.30 bits per heavy atom. The van der Waals surface area contributed by atoms with Crippen LogP contribution < -0.4 is 28.1 Å². The van der Waals surface area contributed by atoms with Gasteiger partial charge in [-0.2, -0.15) is 0 Å². The molecular formula is C15H18BrN5OS. The number of benzene rings is 1. The zero-order chi connectivity index (χ0) is 15.5. The minimum Gasteiger partial charge on any atom is -1.00 e.